The molecule has 69 heavy (non-hydrogen) atoms. The summed E-state index contributed by atoms with van der Waals surface area (Å²) in [5.41, 5.74) is 16.7. The first kappa shape index (κ1) is 41.6. The molecule has 3 aromatic heterocycles. The Balaban J connectivity index is 0.995. The van der Waals surface area contributed by atoms with Gasteiger partial charge in [0.25, 0.3) is 0 Å². The van der Waals surface area contributed by atoms with Crippen LogP contribution in [-0.4, -0.2) is 24.5 Å². The van der Waals surface area contributed by atoms with E-state index in [-0.39, 0.29) is 5.92 Å². The second kappa shape index (κ2) is 18.1. The van der Waals surface area contributed by atoms with Crippen molar-refractivity contribution in [2.75, 3.05) is 0 Å². The van der Waals surface area contributed by atoms with E-state index in [1.807, 2.05) is 12.1 Å². The molecule has 12 rings (SSSR count). The van der Waals surface area contributed by atoms with Crippen molar-refractivity contribution in [3.05, 3.63) is 260 Å². The maximum absolute atomic E-state index is 5.34. The molecular formula is C64H47N5. The maximum atomic E-state index is 5.34. The van der Waals surface area contributed by atoms with Crippen LogP contribution in [0.5, 0.6) is 0 Å². The summed E-state index contributed by atoms with van der Waals surface area (Å²) in [6.45, 7) is 2.30. The van der Waals surface area contributed by atoms with Gasteiger partial charge in [0.1, 0.15) is 0 Å². The zero-order valence-electron chi connectivity index (χ0n) is 38.2. The molecule has 0 N–H and O–H groups in total. The van der Waals surface area contributed by atoms with Crippen molar-refractivity contribution in [1.29, 1.82) is 0 Å². The Labute approximate surface area is 402 Å². The summed E-state index contributed by atoms with van der Waals surface area (Å²) in [5.74, 6) is 2.51. The van der Waals surface area contributed by atoms with Gasteiger partial charge in [0.15, 0.2) is 17.5 Å². The van der Waals surface area contributed by atoms with E-state index >= 15 is 0 Å². The Kier molecular flexibility index (Phi) is 10.9. The number of allylic oxidation sites excluding steroid dienone is 10. The number of fused-ring (bicyclic) bond motifs is 3. The SMILES string of the molecule is CC1C=CC=CC1c1cc(-c2ccccc2)cc(-c2cccc(-c3nc(C4=CC(c5cccc6c5c5cc(-c7ccccc7)ccc5n6-c5ccccc5)=CC=CC4)nc(-c4ccncc4)n3)c2)c1. The molecule has 3 heterocycles. The molecule has 5 heteroatoms. The van der Waals surface area contributed by atoms with Gasteiger partial charge in [-0.15, -0.1) is 0 Å². The average molecular weight is 886 g/mol. The third-order valence-corrected chi connectivity index (χ3v) is 13.5. The number of nitrogens with zero attached hydrogens (tertiary/aromatic N) is 5. The van der Waals surface area contributed by atoms with Crippen LogP contribution in [0.2, 0.25) is 0 Å². The van der Waals surface area contributed by atoms with E-state index in [2.05, 4.69) is 235 Å². The lowest BCUT2D eigenvalue weighted by Gasteiger charge is -2.23. The first-order chi connectivity index (χ1) is 34.1. The van der Waals surface area contributed by atoms with Crippen molar-refractivity contribution in [3.63, 3.8) is 0 Å². The van der Waals surface area contributed by atoms with E-state index in [0.717, 1.165) is 55.7 Å². The van der Waals surface area contributed by atoms with E-state index in [9.17, 15) is 0 Å². The molecule has 2 unspecified atom stereocenters. The molecular weight excluding hydrogens is 839 g/mol. The number of benzene rings is 7. The predicted molar refractivity (Wildman–Crippen MR) is 285 cm³/mol. The van der Waals surface area contributed by atoms with Gasteiger partial charge in [-0.3, -0.25) is 4.98 Å². The highest BCUT2D eigenvalue weighted by molar-refractivity contribution is 6.15. The number of rotatable bonds is 9. The lowest BCUT2D eigenvalue weighted by molar-refractivity contribution is 0.635. The lowest BCUT2D eigenvalue weighted by atomic mass is 9.82. The molecule has 5 nitrogen and oxygen atoms in total. The van der Waals surface area contributed by atoms with Crippen LogP contribution in [0.15, 0.2) is 243 Å². The van der Waals surface area contributed by atoms with Crippen LogP contribution in [0.4, 0.5) is 0 Å². The normalized spacial score (nSPS) is 15.6. The van der Waals surface area contributed by atoms with Crippen molar-refractivity contribution in [2.24, 2.45) is 5.92 Å². The average Bonchev–Trinajstić information content (AvgIpc) is 3.55. The van der Waals surface area contributed by atoms with Gasteiger partial charge in [0.2, 0.25) is 0 Å². The highest BCUT2D eigenvalue weighted by atomic mass is 15.0. The monoisotopic (exact) mass is 885 g/mol. The number of aromatic nitrogens is 5. The molecule has 10 aromatic rings. The van der Waals surface area contributed by atoms with E-state index in [0.29, 0.717) is 29.8 Å². The van der Waals surface area contributed by atoms with Crippen LogP contribution in [-0.2, 0) is 0 Å². The molecule has 0 aliphatic heterocycles. The summed E-state index contributed by atoms with van der Waals surface area (Å²) in [7, 11) is 0. The number of hydrogen-bond donors (Lipinski definition) is 0. The second-order valence-corrected chi connectivity index (χ2v) is 17.9. The minimum atomic E-state index is 0.275. The van der Waals surface area contributed by atoms with Crippen LogP contribution in [0.1, 0.15) is 36.2 Å². The number of hydrogen-bond acceptors (Lipinski definition) is 4. The van der Waals surface area contributed by atoms with Gasteiger partial charge in [-0.25, -0.2) is 15.0 Å². The minimum absolute atomic E-state index is 0.275. The van der Waals surface area contributed by atoms with Crippen molar-refractivity contribution < 1.29 is 0 Å². The van der Waals surface area contributed by atoms with E-state index in [1.54, 1.807) is 12.4 Å². The molecule has 0 fully saturated rings. The fourth-order valence-corrected chi connectivity index (χ4v) is 10.0. The Bertz CT molecular complexity index is 3690. The Hall–Kier alpha value is -8.80. The summed E-state index contributed by atoms with van der Waals surface area (Å²) >= 11 is 0. The summed E-state index contributed by atoms with van der Waals surface area (Å²) in [6, 6.07) is 65.1. The molecule has 0 spiro atoms. The van der Waals surface area contributed by atoms with Crippen LogP contribution >= 0.6 is 0 Å². The summed E-state index contributed by atoms with van der Waals surface area (Å²) in [4.78, 5) is 20.1. The smallest absolute Gasteiger partial charge is 0.164 e. The summed E-state index contributed by atoms with van der Waals surface area (Å²) < 4.78 is 2.39. The zero-order valence-corrected chi connectivity index (χ0v) is 38.2. The van der Waals surface area contributed by atoms with Gasteiger partial charge in [-0.2, -0.15) is 0 Å². The van der Waals surface area contributed by atoms with Crippen molar-refractivity contribution in [2.45, 2.75) is 19.3 Å². The molecule has 2 aliphatic carbocycles. The molecule has 7 aromatic carbocycles. The number of pyridine rings is 1. The van der Waals surface area contributed by atoms with Crippen molar-refractivity contribution in [3.8, 4) is 61.8 Å². The van der Waals surface area contributed by atoms with Crippen LogP contribution < -0.4 is 0 Å². The molecule has 328 valence electrons. The first-order valence-corrected chi connectivity index (χ1v) is 23.7. The van der Waals surface area contributed by atoms with Crippen molar-refractivity contribution >= 4 is 33.0 Å². The highest BCUT2D eigenvalue weighted by Gasteiger charge is 2.22. The maximum Gasteiger partial charge on any atom is 0.164 e. The van der Waals surface area contributed by atoms with Gasteiger partial charge in [0.05, 0.1) is 11.0 Å². The second-order valence-electron chi connectivity index (χ2n) is 17.9. The Morgan fingerprint density at radius 3 is 1.87 bits per heavy atom. The largest absolute Gasteiger partial charge is 0.309 e. The predicted octanol–water partition coefficient (Wildman–Crippen LogP) is 16.0. The standard InChI is InChI=1S/C64H47N5/c1-43-17-11-14-28-56(43)54-40-52(45-20-7-3-8-21-45)39-53(41-54)47-24-15-25-51(37-47)64-67-62(46-33-35-65-36-34-46)66-63(68-64)50-23-13-12-22-49(38-50)57-29-16-30-60-61(57)58-42-48(44-18-5-2-6-19-44)31-32-59(58)69(60)55-26-9-4-10-27-55/h2-22,24-43,56H,23H2,1H3. The number of para-hydroxylation sites is 1. The molecule has 0 saturated carbocycles. The van der Waals surface area contributed by atoms with E-state index < -0.39 is 0 Å². The fraction of sp³-hybridized carbons (Fsp3) is 0.0625. The molecule has 0 amide bonds. The fourth-order valence-electron chi connectivity index (χ4n) is 10.0. The van der Waals surface area contributed by atoms with Gasteiger partial charge < -0.3 is 4.57 Å². The van der Waals surface area contributed by atoms with Crippen LogP contribution in [0.3, 0.4) is 0 Å². The van der Waals surface area contributed by atoms with Crippen LogP contribution in [0.25, 0.3) is 94.8 Å². The zero-order chi connectivity index (χ0) is 46.1. The van der Waals surface area contributed by atoms with Crippen molar-refractivity contribution in [1.82, 2.24) is 24.5 Å². The minimum Gasteiger partial charge on any atom is -0.309 e. The quantitative estimate of drug-likeness (QED) is 0.145. The summed E-state index contributed by atoms with van der Waals surface area (Å²) in [6.07, 6.45) is 22.0. The molecule has 0 bridgehead atoms. The topological polar surface area (TPSA) is 56.5 Å². The molecule has 2 atom stereocenters. The molecule has 2 aliphatic rings. The van der Waals surface area contributed by atoms with Gasteiger partial charge >= 0.3 is 0 Å². The Morgan fingerprint density at radius 2 is 1.10 bits per heavy atom. The van der Waals surface area contributed by atoms with Crippen LogP contribution in [0, 0.1) is 5.92 Å². The lowest BCUT2D eigenvalue weighted by Crippen LogP contribution is -2.07. The Morgan fingerprint density at radius 1 is 0.478 bits per heavy atom. The first-order valence-electron chi connectivity index (χ1n) is 23.7. The third kappa shape index (κ3) is 8.15. The third-order valence-electron chi connectivity index (χ3n) is 13.5. The van der Waals surface area contributed by atoms with Gasteiger partial charge in [0, 0.05) is 51.5 Å². The van der Waals surface area contributed by atoms with Gasteiger partial charge in [-0.05, 0) is 123 Å². The van der Waals surface area contributed by atoms with E-state index in [1.165, 1.54) is 38.6 Å². The molecule has 0 saturated heterocycles. The summed E-state index contributed by atoms with van der Waals surface area (Å²) in [5, 5.41) is 2.39. The molecule has 0 radical (unpaired) electrons. The van der Waals surface area contributed by atoms with E-state index in [4.69, 9.17) is 15.0 Å². The van der Waals surface area contributed by atoms with Gasteiger partial charge in [-0.1, -0.05) is 177 Å². The highest BCUT2D eigenvalue weighted by Crippen LogP contribution is 2.41.